The van der Waals surface area contributed by atoms with Crippen LogP contribution >= 0.6 is 11.9 Å². The van der Waals surface area contributed by atoms with Gasteiger partial charge in [0, 0.05) is 43.6 Å². The Balaban J connectivity index is 0.000000994. The fourth-order valence-corrected chi connectivity index (χ4v) is 3.38. The van der Waals surface area contributed by atoms with E-state index in [2.05, 4.69) is 37.0 Å². The first-order valence-corrected chi connectivity index (χ1v) is 9.49. The van der Waals surface area contributed by atoms with Crippen molar-refractivity contribution in [3.8, 4) is 11.3 Å². The molecule has 150 valence electrons. The van der Waals surface area contributed by atoms with Gasteiger partial charge in [-0.15, -0.1) is 0 Å². The summed E-state index contributed by atoms with van der Waals surface area (Å²) in [6, 6.07) is 7.51. The molecule has 0 aromatic carbocycles. The minimum absolute atomic E-state index is 0.348. The zero-order valence-corrected chi connectivity index (χ0v) is 16.2. The van der Waals surface area contributed by atoms with Gasteiger partial charge in [-0.25, -0.2) is 14.8 Å². The van der Waals surface area contributed by atoms with Crippen molar-refractivity contribution in [2.24, 2.45) is 0 Å². The number of hydrogen-bond acceptors (Lipinski definition) is 8. The van der Waals surface area contributed by atoms with E-state index in [1.165, 1.54) is 0 Å². The van der Waals surface area contributed by atoms with Crippen molar-refractivity contribution in [2.75, 3.05) is 31.1 Å². The van der Waals surface area contributed by atoms with Crippen molar-refractivity contribution in [1.82, 2.24) is 24.7 Å². The van der Waals surface area contributed by atoms with E-state index >= 15 is 0 Å². The third-order valence-corrected chi connectivity index (χ3v) is 4.76. The quantitative estimate of drug-likeness (QED) is 0.511. The van der Waals surface area contributed by atoms with Gasteiger partial charge in [-0.3, -0.25) is 9.06 Å². The predicted octanol–water partition coefficient (Wildman–Crippen LogP) is 1.83. The van der Waals surface area contributed by atoms with E-state index in [9.17, 15) is 4.79 Å². The van der Waals surface area contributed by atoms with Crippen LogP contribution in [0.15, 0.2) is 52.1 Å². The lowest BCUT2D eigenvalue weighted by atomic mass is 10.2. The average molecular weight is 415 g/mol. The van der Waals surface area contributed by atoms with Crippen LogP contribution in [0.4, 0.5) is 5.82 Å². The number of hydrogen-bond donors (Lipinski definition) is 2. The molecule has 0 spiro atoms. The lowest BCUT2D eigenvalue weighted by Gasteiger charge is -2.20. The maximum Gasteiger partial charge on any atom is 0.347 e. The average Bonchev–Trinajstić information content (AvgIpc) is 3.00. The van der Waals surface area contributed by atoms with E-state index < -0.39 is 5.63 Å². The molecule has 0 aliphatic carbocycles. The summed E-state index contributed by atoms with van der Waals surface area (Å²) in [6.07, 6.45) is 6.33. The van der Waals surface area contributed by atoms with E-state index in [1.807, 2.05) is 24.4 Å². The molecule has 4 aromatic heterocycles. The van der Waals surface area contributed by atoms with Crippen LogP contribution in [-0.4, -0.2) is 50.2 Å². The Labute approximate surface area is 170 Å². The van der Waals surface area contributed by atoms with Crippen LogP contribution in [0.25, 0.3) is 28.1 Å². The Morgan fingerprint density at radius 1 is 1.17 bits per heavy atom. The summed E-state index contributed by atoms with van der Waals surface area (Å²) < 4.78 is 13.8. The van der Waals surface area contributed by atoms with E-state index in [-0.39, 0.29) is 0 Å². The Kier molecular flexibility index (Phi) is 5.70. The zero-order chi connectivity index (χ0) is 20.2. The molecule has 1 saturated heterocycles. The van der Waals surface area contributed by atoms with Crippen molar-refractivity contribution in [3.63, 3.8) is 0 Å². The minimum atomic E-state index is -0.451. The van der Waals surface area contributed by atoms with Crippen LogP contribution in [0.1, 0.15) is 6.42 Å². The van der Waals surface area contributed by atoms with Crippen LogP contribution < -0.4 is 15.8 Å². The fourth-order valence-electron chi connectivity index (χ4n) is 3.38. The first-order chi connectivity index (χ1) is 14.3. The molecular formula is C19H19ClN6O3. The number of aromatic nitrogens is 4. The number of nitrogens with one attached hydrogen (secondary N) is 1. The van der Waals surface area contributed by atoms with Crippen molar-refractivity contribution >= 4 is 34.6 Å². The van der Waals surface area contributed by atoms with Gasteiger partial charge in [0.25, 0.3) is 0 Å². The second kappa shape index (κ2) is 8.56. The Morgan fingerprint density at radius 3 is 2.93 bits per heavy atom. The standard InChI is InChI=1S/C19H18N6O2.ClHO/c26-18-14(15-12-25-9-2-6-21-19(25)22-15)11-13-3-4-16(23-17(13)27-18)24-8-1-5-20-7-10-24;1-2/h2-4,6,9,11-12,20H,1,5,7-8,10H2;2H. The summed E-state index contributed by atoms with van der Waals surface area (Å²) in [7, 11) is 0. The third kappa shape index (κ3) is 3.93. The van der Waals surface area contributed by atoms with Gasteiger partial charge in [0.05, 0.1) is 23.1 Å². The third-order valence-electron chi connectivity index (χ3n) is 4.76. The molecule has 0 saturated carbocycles. The molecule has 9 nitrogen and oxygen atoms in total. The summed E-state index contributed by atoms with van der Waals surface area (Å²) in [4.78, 5) is 27.9. The number of halogens is 1. The van der Waals surface area contributed by atoms with Crippen LogP contribution in [0, 0.1) is 0 Å². The normalized spacial score (nSPS) is 14.5. The predicted molar refractivity (Wildman–Crippen MR) is 110 cm³/mol. The molecule has 5 rings (SSSR count). The van der Waals surface area contributed by atoms with Crippen LogP contribution in [-0.2, 0) is 0 Å². The molecule has 5 heterocycles. The molecule has 0 amide bonds. The van der Waals surface area contributed by atoms with Gasteiger partial charge in [0.1, 0.15) is 5.82 Å². The molecule has 0 unspecified atom stereocenters. The SMILES string of the molecule is O=c1oc2nc(N3CCCNCC3)ccc2cc1-c1cn2cccnc2n1.OCl. The zero-order valence-electron chi connectivity index (χ0n) is 15.5. The fraction of sp³-hybridized carbons (Fsp3) is 0.263. The van der Waals surface area contributed by atoms with E-state index in [1.54, 1.807) is 22.9 Å². The summed E-state index contributed by atoms with van der Waals surface area (Å²) in [5.74, 6) is 1.37. The van der Waals surface area contributed by atoms with Crippen LogP contribution in [0.2, 0.25) is 0 Å². The largest absolute Gasteiger partial charge is 0.403 e. The Bertz CT molecular complexity index is 1150. The lowest BCUT2D eigenvalue weighted by Crippen LogP contribution is -2.28. The molecule has 1 aliphatic heterocycles. The highest BCUT2D eigenvalue weighted by molar-refractivity contribution is 6.04. The summed E-state index contributed by atoms with van der Waals surface area (Å²) in [5.41, 5.74) is 0.835. The number of nitrogens with zero attached hydrogens (tertiary/aromatic N) is 5. The van der Waals surface area contributed by atoms with Gasteiger partial charge in [-0.1, -0.05) is 0 Å². The molecule has 0 atom stereocenters. The highest BCUT2D eigenvalue weighted by atomic mass is 35.5. The van der Waals surface area contributed by atoms with E-state index in [0.717, 1.165) is 43.8 Å². The maximum absolute atomic E-state index is 12.6. The number of imidazole rings is 1. The molecule has 1 aliphatic rings. The number of fused-ring (bicyclic) bond motifs is 2. The van der Waals surface area contributed by atoms with Crippen molar-refractivity contribution in [2.45, 2.75) is 6.42 Å². The second-order valence-electron chi connectivity index (χ2n) is 6.56. The van der Waals surface area contributed by atoms with Gasteiger partial charge in [-0.2, -0.15) is 4.98 Å². The van der Waals surface area contributed by atoms with Crippen molar-refractivity contribution in [3.05, 3.63) is 53.3 Å². The van der Waals surface area contributed by atoms with Crippen LogP contribution in [0.3, 0.4) is 0 Å². The summed E-state index contributed by atoms with van der Waals surface area (Å²) >= 11 is 3.64. The number of pyridine rings is 1. The highest BCUT2D eigenvalue weighted by Gasteiger charge is 2.15. The smallest absolute Gasteiger partial charge is 0.347 e. The van der Waals surface area contributed by atoms with Gasteiger partial charge in [-0.05, 0) is 37.2 Å². The van der Waals surface area contributed by atoms with Crippen molar-refractivity contribution < 1.29 is 9.08 Å². The Hall–Kier alpha value is -3.01. The van der Waals surface area contributed by atoms with Crippen molar-refractivity contribution in [1.29, 1.82) is 0 Å². The van der Waals surface area contributed by atoms with E-state index in [0.29, 0.717) is 22.7 Å². The Morgan fingerprint density at radius 2 is 2.07 bits per heavy atom. The van der Waals surface area contributed by atoms with Gasteiger partial charge in [0.15, 0.2) is 0 Å². The number of rotatable bonds is 2. The second-order valence-corrected chi connectivity index (χ2v) is 6.56. The molecule has 4 aromatic rings. The molecule has 1 fully saturated rings. The first kappa shape index (κ1) is 19.3. The summed E-state index contributed by atoms with van der Waals surface area (Å²) in [5, 5.41) is 4.14. The number of anilines is 1. The first-order valence-electron chi connectivity index (χ1n) is 9.15. The molecule has 2 N–H and O–H groups in total. The minimum Gasteiger partial charge on any atom is -0.403 e. The summed E-state index contributed by atoms with van der Waals surface area (Å²) in [6.45, 7) is 3.75. The lowest BCUT2D eigenvalue weighted by molar-refractivity contribution is 0.551. The maximum atomic E-state index is 12.6. The molecule has 0 radical (unpaired) electrons. The molecule has 10 heteroatoms. The van der Waals surface area contributed by atoms with Gasteiger partial charge < -0.3 is 14.6 Å². The topological polar surface area (TPSA) is 109 Å². The van der Waals surface area contributed by atoms with Gasteiger partial charge >= 0.3 is 5.63 Å². The van der Waals surface area contributed by atoms with Crippen LogP contribution in [0.5, 0.6) is 0 Å². The van der Waals surface area contributed by atoms with Gasteiger partial charge in [0.2, 0.25) is 11.5 Å². The van der Waals surface area contributed by atoms with E-state index in [4.69, 9.17) is 9.08 Å². The molecular weight excluding hydrogens is 396 g/mol. The monoisotopic (exact) mass is 414 g/mol. The highest BCUT2D eigenvalue weighted by Crippen LogP contribution is 2.22. The molecule has 0 bridgehead atoms. The molecule has 29 heavy (non-hydrogen) atoms.